The van der Waals surface area contributed by atoms with Gasteiger partial charge >= 0.3 is 5.97 Å². The lowest BCUT2D eigenvalue weighted by Crippen LogP contribution is -2.59. The van der Waals surface area contributed by atoms with Gasteiger partial charge in [0.1, 0.15) is 18.1 Å². The molecule has 9 nitrogen and oxygen atoms in total. The van der Waals surface area contributed by atoms with Gasteiger partial charge < -0.3 is 26.4 Å². The Morgan fingerprint density at radius 1 is 1.16 bits per heavy atom. The molecule has 0 aromatic heterocycles. The van der Waals surface area contributed by atoms with E-state index >= 15 is 0 Å². The molecule has 0 aromatic carbocycles. The summed E-state index contributed by atoms with van der Waals surface area (Å²) in [7, 11) is 0. The summed E-state index contributed by atoms with van der Waals surface area (Å²) in [6.07, 6.45) is 4.03. The zero-order valence-electron chi connectivity index (χ0n) is 19.2. The number of hydrogen-bond donors (Lipinski definition) is 4. The minimum Gasteiger partial charge on any atom is -0.480 e. The number of hydrogen-bond acceptors (Lipinski definition) is 6. The van der Waals surface area contributed by atoms with Crippen LogP contribution < -0.4 is 16.4 Å². The van der Waals surface area contributed by atoms with Crippen LogP contribution in [0.4, 0.5) is 0 Å². The van der Waals surface area contributed by atoms with E-state index in [1.54, 1.807) is 13.8 Å². The van der Waals surface area contributed by atoms with Crippen molar-refractivity contribution in [2.45, 2.75) is 77.5 Å². The molecule has 10 heteroatoms. The molecule has 1 aliphatic heterocycles. The fourth-order valence-electron chi connectivity index (χ4n) is 3.54. The highest BCUT2D eigenvalue weighted by Crippen LogP contribution is 2.20. The number of nitrogens with zero attached hydrogens (tertiary/aromatic N) is 1. The number of nitrogens with one attached hydrogen (secondary N) is 2. The van der Waals surface area contributed by atoms with Crippen LogP contribution in [0.1, 0.15) is 53.4 Å². The van der Waals surface area contributed by atoms with E-state index in [1.165, 1.54) is 16.7 Å². The first-order chi connectivity index (χ1) is 14.5. The number of likely N-dealkylation sites (tertiary alicyclic amines) is 1. The molecule has 0 bridgehead atoms. The highest BCUT2D eigenvalue weighted by Gasteiger charge is 2.38. The molecule has 1 saturated heterocycles. The molecule has 0 aliphatic carbocycles. The number of aliphatic carboxylic acids is 1. The molecule has 31 heavy (non-hydrogen) atoms. The van der Waals surface area contributed by atoms with Gasteiger partial charge in [0.25, 0.3) is 0 Å². The normalized spacial score (nSPS) is 20.1. The van der Waals surface area contributed by atoms with Gasteiger partial charge in [-0.05, 0) is 43.1 Å². The molecule has 5 atom stereocenters. The van der Waals surface area contributed by atoms with Gasteiger partial charge in [0.15, 0.2) is 0 Å². The van der Waals surface area contributed by atoms with Gasteiger partial charge in [-0.2, -0.15) is 11.8 Å². The van der Waals surface area contributed by atoms with Crippen molar-refractivity contribution in [1.29, 1.82) is 0 Å². The monoisotopic (exact) mass is 458 g/mol. The lowest BCUT2D eigenvalue weighted by atomic mass is 9.97. The quantitative estimate of drug-likeness (QED) is 0.339. The summed E-state index contributed by atoms with van der Waals surface area (Å²) in [6.45, 7) is 7.78. The molecule has 1 aliphatic rings. The SMILES string of the molecule is CCC(C)C(N)C(=O)NC(C(=O)NC(CCSC)C(=O)N1CCCC1C(=O)O)C(C)C. The van der Waals surface area contributed by atoms with Crippen molar-refractivity contribution in [2.75, 3.05) is 18.6 Å². The van der Waals surface area contributed by atoms with Crippen molar-refractivity contribution >= 4 is 35.5 Å². The van der Waals surface area contributed by atoms with Crippen LogP contribution in [0.3, 0.4) is 0 Å². The lowest BCUT2D eigenvalue weighted by molar-refractivity contribution is -0.149. The van der Waals surface area contributed by atoms with Gasteiger partial charge in [0.2, 0.25) is 17.7 Å². The Morgan fingerprint density at radius 2 is 1.81 bits per heavy atom. The van der Waals surface area contributed by atoms with Crippen molar-refractivity contribution in [1.82, 2.24) is 15.5 Å². The highest BCUT2D eigenvalue weighted by atomic mass is 32.2. The number of nitrogens with two attached hydrogens (primary N) is 1. The Morgan fingerprint density at radius 3 is 2.32 bits per heavy atom. The summed E-state index contributed by atoms with van der Waals surface area (Å²) in [5, 5.41) is 14.9. The Balaban J connectivity index is 2.95. The summed E-state index contributed by atoms with van der Waals surface area (Å²) < 4.78 is 0. The van der Waals surface area contributed by atoms with Crippen LogP contribution >= 0.6 is 11.8 Å². The third-order valence-corrected chi connectivity index (χ3v) is 6.50. The summed E-state index contributed by atoms with van der Waals surface area (Å²) in [4.78, 5) is 51.5. The second-order valence-corrected chi connectivity index (χ2v) is 9.50. The lowest BCUT2D eigenvalue weighted by Gasteiger charge is -2.30. The van der Waals surface area contributed by atoms with Crippen LogP contribution in [0.5, 0.6) is 0 Å². The molecule has 5 N–H and O–H groups in total. The zero-order valence-corrected chi connectivity index (χ0v) is 20.0. The molecule has 0 saturated carbocycles. The number of carbonyl (C=O) groups is 4. The van der Waals surface area contributed by atoms with E-state index in [-0.39, 0.29) is 11.8 Å². The third kappa shape index (κ3) is 7.68. The van der Waals surface area contributed by atoms with E-state index in [1.807, 2.05) is 20.1 Å². The Labute approximate surface area is 189 Å². The minimum atomic E-state index is -1.04. The Kier molecular flexibility index (Phi) is 11.3. The summed E-state index contributed by atoms with van der Waals surface area (Å²) in [6, 6.07) is -3.29. The number of thioether (sulfide) groups is 1. The van der Waals surface area contributed by atoms with Crippen LogP contribution in [0.2, 0.25) is 0 Å². The van der Waals surface area contributed by atoms with Crippen molar-refractivity contribution in [3.8, 4) is 0 Å². The molecular weight excluding hydrogens is 420 g/mol. The summed E-state index contributed by atoms with van der Waals surface area (Å²) >= 11 is 1.53. The first kappa shape index (κ1) is 27.2. The number of rotatable bonds is 12. The zero-order chi connectivity index (χ0) is 23.7. The predicted molar refractivity (Wildman–Crippen MR) is 121 cm³/mol. The van der Waals surface area contributed by atoms with Crippen LogP contribution in [0.15, 0.2) is 0 Å². The highest BCUT2D eigenvalue weighted by molar-refractivity contribution is 7.98. The van der Waals surface area contributed by atoms with Gasteiger partial charge in [-0.1, -0.05) is 34.1 Å². The largest absolute Gasteiger partial charge is 0.480 e. The second-order valence-electron chi connectivity index (χ2n) is 8.51. The number of carboxylic acid groups (broad SMARTS) is 1. The molecule has 5 unspecified atom stereocenters. The minimum absolute atomic E-state index is 0.0325. The maximum atomic E-state index is 13.1. The molecule has 0 spiro atoms. The van der Waals surface area contributed by atoms with E-state index < -0.39 is 47.9 Å². The number of carbonyl (C=O) groups excluding carboxylic acids is 3. The van der Waals surface area contributed by atoms with E-state index in [9.17, 15) is 24.3 Å². The van der Waals surface area contributed by atoms with Gasteiger partial charge in [-0.3, -0.25) is 14.4 Å². The van der Waals surface area contributed by atoms with Gasteiger partial charge in [-0.15, -0.1) is 0 Å². The maximum Gasteiger partial charge on any atom is 0.326 e. The molecule has 0 aromatic rings. The molecule has 0 radical (unpaired) electrons. The van der Waals surface area contributed by atoms with Crippen LogP contribution in [-0.4, -0.2) is 76.4 Å². The number of amides is 3. The Bertz CT molecular complexity index is 645. The maximum absolute atomic E-state index is 13.1. The molecule has 178 valence electrons. The van der Waals surface area contributed by atoms with Crippen molar-refractivity contribution in [2.24, 2.45) is 17.6 Å². The first-order valence-corrected chi connectivity index (χ1v) is 12.3. The van der Waals surface area contributed by atoms with Crippen LogP contribution in [-0.2, 0) is 19.2 Å². The smallest absolute Gasteiger partial charge is 0.326 e. The Hall–Kier alpha value is -1.81. The van der Waals surface area contributed by atoms with Crippen LogP contribution in [0, 0.1) is 11.8 Å². The average Bonchev–Trinajstić information content (AvgIpc) is 3.22. The molecule has 1 heterocycles. The van der Waals surface area contributed by atoms with E-state index in [4.69, 9.17) is 5.73 Å². The van der Waals surface area contributed by atoms with Crippen molar-refractivity contribution in [3.63, 3.8) is 0 Å². The van der Waals surface area contributed by atoms with Gasteiger partial charge in [0.05, 0.1) is 6.04 Å². The topological polar surface area (TPSA) is 142 Å². The van der Waals surface area contributed by atoms with Crippen molar-refractivity contribution in [3.05, 3.63) is 0 Å². The van der Waals surface area contributed by atoms with Crippen molar-refractivity contribution < 1.29 is 24.3 Å². The fourth-order valence-corrected chi connectivity index (χ4v) is 4.01. The second kappa shape index (κ2) is 12.9. The molecule has 1 fully saturated rings. The van der Waals surface area contributed by atoms with E-state index in [0.717, 1.165) is 6.42 Å². The third-order valence-electron chi connectivity index (χ3n) is 5.85. The standard InChI is InChI=1S/C21H38N4O5S/c1-6-13(4)16(22)18(26)24-17(12(2)3)19(27)23-14(9-11-31-5)20(28)25-10-7-8-15(25)21(29)30/h12-17H,6-11,22H2,1-5H3,(H,23,27)(H,24,26)(H,29,30). The van der Waals surface area contributed by atoms with Gasteiger partial charge in [0, 0.05) is 6.54 Å². The number of carboxylic acids is 1. The van der Waals surface area contributed by atoms with Gasteiger partial charge in [-0.25, -0.2) is 4.79 Å². The average molecular weight is 459 g/mol. The summed E-state index contributed by atoms with van der Waals surface area (Å²) in [5.41, 5.74) is 6.00. The fraction of sp³-hybridized carbons (Fsp3) is 0.810. The van der Waals surface area contributed by atoms with E-state index in [2.05, 4.69) is 10.6 Å². The molecular formula is C21H38N4O5S. The summed E-state index contributed by atoms with van der Waals surface area (Å²) in [5.74, 6) is -1.92. The molecule has 1 rings (SSSR count). The van der Waals surface area contributed by atoms with E-state index in [0.29, 0.717) is 31.6 Å². The predicted octanol–water partition coefficient (Wildman–Crippen LogP) is 0.814. The first-order valence-electron chi connectivity index (χ1n) is 10.9. The van der Waals surface area contributed by atoms with Crippen LogP contribution in [0.25, 0.3) is 0 Å². The molecule has 3 amide bonds.